The van der Waals surface area contributed by atoms with Crippen LogP contribution < -0.4 is 5.73 Å². The molecule has 1 aliphatic heterocycles. The van der Waals surface area contributed by atoms with Crippen molar-refractivity contribution in [3.8, 4) is 0 Å². The SMILES string of the molecule is CCN1CCOC(CN)C1c1cc(C)sc1C. The summed E-state index contributed by atoms with van der Waals surface area (Å²) < 4.78 is 5.83. The third-order valence-electron chi connectivity index (χ3n) is 3.49. The van der Waals surface area contributed by atoms with Crippen LogP contribution in [0.1, 0.15) is 28.3 Å². The smallest absolute Gasteiger partial charge is 0.0894 e. The second-order valence-electron chi connectivity index (χ2n) is 4.59. The molecule has 2 N–H and O–H groups in total. The quantitative estimate of drug-likeness (QED) is 0.897. The van der Waals surface area contributed by atoms with E-state index in [0.29, 0.717) is 12.6 Å². The predicted molar refractivity (Wildman–Crippen MR) is 72.6 cm³/mol. The van der Waals surface area contributed by atoms with Gasteiger partial charge in [-0.15, -0.1) is 11.3 Å². The number of aryl methyl sites for hydroxylation is 2. The van der Waals surface area contributed by atoms with E-state index in [9.17, 15) is 0 Å². The van der Waals surface area contributed by atoms with E-state index < -0.39 is 0 Å². The van der Waals surface area contributed by atoms with Gasteiger partial charge in [-0.25, -0.2) is 0 Å². The van der Waals surface area contributed by atoms with Gasteiger partial charge in [-0.2, -0.15) is 0 Å². The molecule has 2 atom stereocenters. The van der Waals surface area contributed by atoms with Crippen molar-refractivity contribution in [1.82, 2.24) is 4.90 Å². The molecule has 1 aromatic rings. The van der Waals surface area contributed by atoms with E-state index in [1.807, 2.05) is 11.3 Å². The highest BCUT2D eigenvalue weighted by molar-refractivity contribution is 7.12. The maximum Gasteiger partial charge on any atom is 0.0894 e. The van der Waals surface area contributed by atoms with E-state index in [1.165, 1.54) is 15.3 Å². The lowest BCUT2D eigenvalue weighted by atomic mass is 9.98. The summed E-state index contributed by atoms with van der Waals surface area (Å²) in [5, 5.41) is 0. The summed E-state index contributed by atoms with van der Waals surface area (Å²) in [6.07, 6.45) is 0.136. The van der Waals surface area contributed by atoms with Gasteiger partial charge in [-0.1, -0.05) is 6.92 Å². The zero-order chi connectivity index (χ0) is 12.4. The standard InChI is InChI=1S/C13H22N2OS/c1-4-15-5-6-16-12(8-14)13(15)11-7-9(2)17-10(11)3/h7,12-13H,4-6,8,14H2,1-3H3. The topological polar surface area (TPSA) is 38.5 Å². The Kier molecular flexibility index (Phi) is 4.20. The average Bonchev–Trinajstić information content (AvgIpc) is 2.67. The number of likely N-dealkylation sites (N-methyl/N-ethyl adjacent to an activating group) is 1. The minimum Gasteiger partial charge on any atom is -0.374 e. The summed E-state index contributed by atoms with van der Waals surface area (Å²) in [6, 6.07) is 2.63. The van der Waals surface area contributed by atoms with Gasteiger partial charge in [0.05, 0.1) is 18.8 Å². The van der Waals surface area contributed by atoms with Crippen molar-refractivity contribution in [3.05, 3.63) is 21.4 Å². The molecule has 1 saturated heterocycles. The zero-order valence-corrected chi connectivity index (χ0v) is 11.7. The summed E-state index contributed by atoms with van der Waals surface area (Å²) in [5.41, 5.74) is 7.26. The van der Waals surface area contributed by atoms with Gasteiger partial charge in [0, 0.05) is 22.8 Å². The highest BCUT2D eigenvalue weighted by Gasteiger charge is 2.33. The van der Waals surface area contributed by atoms with Gasteiger partial charge in [-0.3, -0.25) is 4.90 Å². The highest BCUT2D eigenvalue weighted by Crippen LogP contribution is 2.34. The van der Waals surface area contributed by atoms with Crippen molar-refractivity contribution < 1.29 is 4.74 Å². The third-order valence-corrected chi connectivity index (χ3v) is 4.47. The molecule has 1 fully saturated rings. The van der Waals surface area contributed by atoms with E-state index in [2.05, 4.69) is 31.7 Å². The molecule has 2 rings (SSSR count). The maximum atomic E-state index is 5.86. The summed E-state index contributed by atoms with van der Waals surface area (Å²) in [5.74, 6) is 0. The van der Waals surface area contributed by atoms with Crippen LogP contribution in [0.4, 0.5) is 0 Å². The van der Waals surface area contributed by atoms with Gasteiger partial charge < -0.3 is 10.5 Å². The molecule has 0 aromatic carbocycles. The Morgan fingerprint density at radius 1 is 1.53 bits per heavy atom. The molecule has 96 valence electrons. The van der Waals surface area contributed by atoms with E-state index in [1.54, 1.807) is 0 Å². The summed E-state index contributed by atoms with van der Waals surface area (Å²) in [6.45, 7) is 10.0. The number of ether oxygens (including phenoxy) is 1. The summed E-state index contributed by atoms with van der Waals surface area (Å²) >= 11 is 1.86. The molecule has 4 heteroatoms. The fourth-order valence-electron chi connectivity index (χ4n) is 2.68. The van der Waals surface area contributed by atoms with Crippen molar-refractivity contribution in [1.29, 1.82) is 0 Å². The lowest BCUT2D eigenvalue weighted by Gasteiger charge is -2.40. The van der Waals surface area contributed by atoms with Crippen molar-refractivity contribution in [2.24, 2.45) is 5.73 Å². The number of nitrogens with zero attached hydrogens (tertiary/aromatic N) is 1. The molecule has 0 radical (unpaired) electrons. The first kappa shape index (κ1) is 13.0. The molecule has 0 aliphatic carbocycles. The van der Waals surface area contributed by atoms with E-state index in [0.717, 1.165) is 19.7 Å². The van der Waals surface area contributed by atoms with E-state index in [-0.39, 0.29) is 6.10 Å². The summed E-state index contributed by atoms with van der Waals surface area (Å²) in [4.78, 5) is 5.25. The Labute approximate surface area is 108 Å². The number of hydrogen-bond acceptors (Lipinski definition) is 4. The van der Waals surface area contributed by atoms with E-state index >= 15 is 0 Å². The molecule has 0 spiro atoms. The Balaban J connectivity index is 2.32. The van der Waals surface area contributed by atoms with Gasteiger partial charge >= 0.3 is 0 Å². The van der Waals surface area contributed by atoms with Crippen LogP contribution in [0.5, 0.6) is 0 Å². The van der Waals surface area contributed by atoms with Crippen LogP contribution in [0.3, 0.4) is 0 Å². The van der Waals surface area contributed by atoms with Crippen LogP contribution in [-0.4, -0.2) is 37.2 Å². The first-order valence-electron chi connectivity index (χ1n) is 6.30. The number of morpholine rings is 1. The molecular formula is C13H22N2OS. The molecular weight excluding hydrogens is 232 g/mol. The Bertz CT molecular complexity index is 365. The molecule has 0 amide bonds. The molecule has 1 aromatic heterocycles. The van der Waals surface area contributed by atoms with Gasteiger partial charge in [0.15, 0.2) is 0 Å². The molecule has 1 aliphatic rings. The van der Waals surface area contributed by atoms with Crippen LogP contribution >= 0.6 is 11.3 Å². The van der Waals surface area contributed by atoms with Crippen molar-refractivity contribution in [2.45, 2.75) is 32.9 Å². The van der Waals surface area contributed by atoms with Gasteiger partial charge in [-0.05, 0) is 32.0 Å². The Morgan fingerprint density at radius 2 is 2.29 bits per heavy atom. The minimum atomic E-state index is 0.136. The normalized spacial score (nSPS) is 26.4. The predicted octanol–water partition coefficient (Wildman–Crippen LogP) is 2.09. The Hall–Kier alpha value is -0.420. The van der Waals surface area contributed by atoms with Crippen molar-refractivity contribution >= 4 is 11.3 Å². The first-order valence-corrected chi connectivity index (χ1v) is 7.11. The van der Waals surface area contributed by atoms with Crippen molar-refractivity contribution in [3.63, 3.8) is 0 Å². The van der Waals surface area contributed by atoms with Crippen LogP contribution in [0, 0.1) is 13.8 Å². The largest absolute Gasteiger partial charge is 0.374 e. The van der Waals surface area contributed by atoms with E-state index in [4.69, 9.17) is 10.5 Å². The van der Waals surface area contributed by atoms with Crippen LogP contribution in [0.2, 0.25) is 0 Å². The van der Waals surface area contributed by atoms with Crippen LogP contribution in [-0.2, 0) is 4.74 Å². The monoisotopic (exact) mass is 254 g/mol. The number of thiophene rings is 1. The van der Waals surface area contributed by atoms with Crippen LogP contribution in [0.15, 0.2) is 6.07 Å². The molecule has 3 nitrogen and oxygen atoms in total. The zero-order valence-electron chi connectivity index (χ0n) is 10.9. The second-order valence-corrected chi connectivity index (χ2v) is 6.05. The summed E-state index contributed by atoms with van der Waals surface area (Å²) in [7, 11) is 0. The van der Waals surface area contributed by atoms with Crippen molar-refractivity contribution in [2.75, 3.05) is 26.2 Å². The molecule has 2 unspecified atom stereocenters. The fraction of sp³-hybridized carbons (Fsp3) is 0.692. The van der Waals surface area contributed by atoms with Gasteiger partial charge in [0.1, 0.15) is 0 Å². The lowest BCUT2D eigenvalue weighted by Crippen LogP contribution is -2.48. The molecule has 0 saturated carbocycles. The first-order chi connectivity index (χ1) is 8.17. The fourth-order valence-corrected chi connectivity index (χ4v) is 3.65. The lowest BCUT2D eigenvalue weighted by molar-refractivity contribution is -0.0658. The van der Waals surface area contributed by atoms with Gasteiger partial charge in [0.25, 0.3) is 0 Å². The highest BCUT2D eigenvalue weighted by atomic mass is 32.1. The minimum absolute atomic E-state index is 0.136. The van der Waals surface area contributed by atoms with Gasteiger partial charge in [0.2, 0.25) is 0 Å². The number of hydrogen-bond donors (Lipinski definition) is 1. The third kappa shape index (κ3) is 2.55. The maximum absolute atomic E-state index is 5.86. The molecule has 17 heavy (non-hydrogen) atoms. The van der Waals surface area contributed by atoms with Crippen LogP contribution in [0.25, 0.3) is 0 Å². The number of rotatable bonds is 3. The molecule has 2 heterocycles. The molecule has 0 bridgehead atoms. The number of nitrogens with two attached hydrogens (primary N) is 1. The average molecular weight is 254 g/mol. The Morgan fingerprint density at radius 3 is 2.82 bits per heavy atom. The second kappa shape index (κ2) is 5.48.